The van der Waals surface area contributed by atoms with Crippen molar-refractivity contribution in [2.24, 2.45) is 11.8 Å². The molecular formula is C22H34O. The van der Waals surface area contributed by atoms with Crippen molar-refractivity contribution in [2.45, 2.75) is 71.6 Å². The molecule has 1 heteroatoms. The van der Waals surface area contributed by atoms with Gasteiger partial charge in [0.05, 0.1) is 6.61 Å². The zero-order valence-corrected chi connectivity index (χ0v) is 15.1. The summed E-state index contributed by atoms with van der Waals surface area (Å²) < 4.78 is 5.86. The Morgan fingerprint density at radius 1 is 1.09 bits per heavy atom. The highest BCUT2D eigenvalue weighted by Gasteiger charge is 2.19. The Bertz CT molecular complexity index is 448. The van der Waals surface area contributed by atoms with Gasteiger partial charge in [-0.2, -0.15) is 0 Å². The van der Waals surface area contributed by atoms with Gasteiger partial charge < -0.3 is 4.74 Å². The Morgan fingerprint density at radius 3 is 2.52 bits per heavy atom. The van der Waals surface area contributed by atoms with Gasteiger partial charge >= 0.3 is 0 Å². The van der Waals surface area contributed by atoms with Crippen LogP contribution in [0.5, 0.6) is 5.75 Å². The van der Waals surface area contributed by atoms with E-state index in [0.717, 1.165) is 30.6 Å². The maximum atomic E-state index is 5.86. The second-order valence-electron chi connectivity index (χ2n) is 6.97. The molecule has 0 saturated heterocycles. The second kappa shape index (κ2) is 10.5. The first kappa shape index (κ1) is 18.1. The third kappa shape index (κ3) is 6.41. The van der Waals surface area contributed by atoms with Crippen LogP contribution in [-0.2, 0) is 0 Å². The molecule has 0 saturated carbocycles. The molecule has 2 rings (SSSR count). The van der Waals surface area contributed by atoms with Gasteiger partial charge in [-0.05, 0) is 62.5 Å². The van der Waals surface area contributed by atoms with E-state index in [0.29, 0.717) is 0 Å². The molecule has 0 N–H and O–H groups in total. The summed E-state index contributed by atoms with van der Waals surface area (Å²) in [6.07, 6.45) is 14.5. The van der Waals surface area contributed by atoms with Crippen molar-refractivity contribution in [2.75, 3.05) is 6.61 Å². The molecule has 0 radical (unpaired) electrons. The van der Waals surface area contributed by atoms with Gasteiger partial charge in [0.2, 0.25) is 0 Å². The normalized spacial score (nSPS) is 19.2. The monoisotopic (exact) mass is 314 g/mol. The Balaban J connectivity index is 1.78. The van der Waals surface area contributed by atoms with E-state index in [4.69, 9.17) is 4.74 Å². The van der Waals surface area contributed by atoms with Crippen LogP contribution < -0.4 is 4.74 Å². The summed E-state index contributed by atoms with van der Waals surface area (Å²) in [7, 11) is 0. The quantitative estimate of drug-likeness (QED) is 0.341. The van der Waals surface area contributed by atoms with Crippen LogP contribution in [0.15, 0.2) is 42.0 Å². The van der Waals surface area contributed by atoms with Crippen molar-refractivity contribution in [1.29, 1.82) is 0 Å². The lowest BCUT2D eigenvalue weighted by atomic mass is 9.79. The molecule has 1 nitrogen and oxygen atoms in total. The summed E-state index contributed by atoms with van der Waals surface area (Å²) in [6.45, 7) is 5.48. The highest BCUT2D eigenvalue weighted by atomic mass is 16.5. The number of benzene rings is 1. The fourth-order valence-electron chi connectivity index (χ4n) is 3.65. The molecule has 1 aliphatic rings. The first-order valence-electron chi connectivity index (χ1n) is 9.70. The fraction of sp³-hybridized carbons (Fsp3) is 0.636. The molecule has 0 amide bonds. The minimum atomic E-state index is 0.798. The number of hydrogen-bond donors (Lipinski definition) is 0. The van der Waals surface area contributed by atoms with Crippen LogP contribution in [0.1, 0.15) is 71.6 Å². The SMILES string of the molecule is CCCCC(CCCOc1ccccc1)C1=CCC(CC)CC1. The Hall–Kier alpha value is -1.24. The molecule has 0 aromatic heterocycles. The number of allylic oxidation sites excluding steroid dienone is 2. The summed E-state index contributed by atoms with van der Waals surface area (Å²) in [5, 5.41) is 0. The molecule has 0 bridgehead atoms. The first-order chi connectivity index (χ1) is 11.3. The van der Waals surface area contributed by atoms with Crippen LogP contribution in [0.2, 0.25) is 0 Å². The molecular weight excluding hydrogens is 280 g/mol. The van der Waals surface area contributed by atoms with E-state index in [9.17, 15) is 0 Å². The van der Waals surface area contributed by atoms with E-state index >= 15 is 0 Å². The summed E-state index contributed by atoms with van der Waals surface area (Å²) >= 11 is 0. The molecule has 0 heterocycles. The lowest BCUT2D eigenvalue weighted by Crippen LogP contribution is -2.13. The number of unbranched alkanes of at least 4 members (excludes halogenated alkanes) is 1. The largest absolute Gasteiger partial charge is 0.494 e. The molecule has 1 aromatic carbocycles. The standard InChI is InChI=1S/C22H34O/c1-3-5-10-20(21-16-14-19(4-2)15-17-21)11-9-18-23-22-12-7-6-8-13-22/h6-8,12-13,16,19-20H,3-5,9-11,14-15,17-18H2,1-2H3. The molecule has 1 aromatic rings. The van der Waals surface area contributed by atoms with E-state index in [-0.39, 0.29) is 0 Å². The zero-order chi connectivity index (χ0) is 16.3. The van der Waals surface area contributed by atoms with Crippen LogP contribution in [0.3, 0.4) is 0 Å². The van der Waals surface area contributed by atoms with E-state index in [1.165, 1.54) is 51.4 Å². The second-order valence-corrected chi connectivity index (χ2v) is 6.97. The van der Waals surface area contributed by atoms with E-state index < -0.39 is 0 Å². The van der Waals surface area contributed by atoms with Gasteiger partial charge in [-0.1, -0.05) is 63.0 Å². The van der Waals surface area contributed by atoms with Crippen molar-refractivity contribution in [3.63, 3.8) is 0 Å². The van der Waals surface area contributed by atoms with E-state index in [1.807, 2.05) is 30.3 Å². The van der Waals surface area contributed by atoms with Crippen LogP contribution >= 0.6 is 0 Å². The smallest absolute Gasteiger partial charge is 0.119 e. The lowest BCUT2D eigenvalue weighted by Gasteiger charge is -2.27. The zero-order valence-electron chi connectivity index (χ0n) is 15.1. The Labute approximate surface area is 143 Å². The van der Waals surface area contributed by atoms with Gasteiger partial charge in [-0.25, -0.2) is 0 Å². The lowest BCUT2D eigenvalue weighted by molar-refractivity contribution is 0.291. The number of hydrogen-bond acceptors (Lipinski definition) is 1. The third-order valence-electron chi connectivity index (χ3n) is 5.27. The maximum absolute atomic E-state index is 5.86. The van der Waals surface area contributed by atoms with Crippen LogP contribution in [0, 0.1) is 11.8 Å². The van der Waals surface area contributed by atoms with Crippen molar-refractivity contribution in [3.8, 4) is 5.75 Å². The summed E-state index contributed by atoms with van der Waals surface area (Å²) in [6, 6.07) is 10.2. The topological polar surface area (TPSA) is 9.23 Å². The van der Waals surface area contributed by atoms with Gasteiger partial charge in [0.15, 0.2) is 0 Å². The molecule has 0 aliphatic heterocycles. The summed E-state index contributed by atoms with van der Waals surface area (Å²) in [4.78, 5) is 0. The number of ether oxygens (including phenoxy) is 1. The average molecular weight is 315 g/mol. The van der Waals surface area contributed by atoms with Crippen molar-refractivity contribution >= 4 is 0 Å². The van der Waals surface area contributed by atoms with Gasteiger partial charge in [0.25, 0.3) is 0 Å². The van der Waals surface area contributed by atoms with Gasteiger partial charge in [0.1, 0.15) is 5.75 Å². The van der Waals surface area contributed by atoms with Crippen LogP contribution in [-0.4, -0.2) is 6.61 Å². The first-order valence-corrected chi connectivity index (χ1v) is 9.70. The Morgan fingerprint density at radius 2 is 1.87 bits per heavy atom. The minimum Gasteiger partial charge on any atom is -0.494 e. The Kier molecular flexibility index (Phi) is 8.28. The average Bonchev–Trinajstić information content (AvgIpc) is 2.62. The van der Waals surface area contributed by atoms with Crippen LogP contribution in [0.4, 0.5) is 0 Å². The molecule has 128 valence electrons. The third-order valence-corrected chi connectivity index (χ3v) is 5.27. The molecule has 2 unspecified atom stereocenters. The van der Waals surface area contributed by atoms with E-state index in [1.54, 1.807) is 5.57 Å². The molecule has 0 spiro atoms. The highest BCUT2D eigenvalue weighted by molar-refractivity contribution is 5.20. The number of para-hydroxylation sites is 1. The molecule has 23 heavy (non-hydrogen) atoms. The van der Waals surface area contributed by atoms with Crippen molar-refractivity contribution < 1.29 is 4.74 Å². The maximum Gasteiger partial charge on any atom is 0.119 e. The summed E-state index contributed by atoms with van der Waals surface area (Å²) in [5.74, 6) is 2.74. The summed E-state index contributed by atoms with van der Waals surface area (Å²) in [5.41, 5.74) is 1.75. The van der Waals surface area contributed by atoms with Gasteiger partial charge in [-0.15, -0.1) is 0 Å². The van der Waals surface area contributed by atoms with Crippen molar-refractivity contribution in [3.05, 3.63) is 42.0 Å². The van der Waals surface area contributed by atoms with Crippen LogP contribution in [0.25, 0.3) is 0 Å². The predicted molar refractivity (Wildman–Crippen MR) is 99.9 cm³/mol. The molecule has 0 fully saturated rings. The van der Waals surface area contributed by atoms with Gasteiger partial charge in [-0.3, -0.25) is 0 Å². The highest BCUT2D eigenvalue weighted by Crippen LogP contribution is 2.34. The molecule has 2 atom stereocenters. The number of rotatable bonds is 10. The fourth-order valence-corrected chi connectivity index (χ4v) is 3.65. The minimum absolute atomic E-state index is 0.798. The predicted octanol–water partition coefficient (Wildman–Crippen LogP) is 6.79. The van der Waals surface area contributed by atoms with Gasteiger partial charge in [0, 0.05) is 0 Å². The molecule has 1 aliphatic carbocycles. The van der Waals surface area contributed by atoms with E-state index in [2.05, 4.69) is 19.9 Å². The van der Waals surface area contributed by atoms with Crippen molar-refractivity contribution in [1.82, 2.24) is 0 Å².